The predicted octanol–water partition coefficient (Wildman–Crippen LogP) is 1.55. The number of nitrogens with zero attached hydrogens (tertiary/aromatic N) is 1. The molecule has 1 aliphatic rings. The Morgan fingerprint density at radius 2 is 1.90 bits per heavy atom. The van der Waals surface area contributed by atoms with Gasteiger partial charge >= 0.3 is 0 Å². The Morgan fingerprint density at radius 3 is 2.50 bits per heavy atom. The van der Waals surface area contributed by atoms with E-state index in [2.05, 4.69) is 10.2 Å². The molecule has 1 heterocycles. The molecule has 0 aromatic heterocycles. The molecule has 2 rings (SSSR count). The highest BCUT2D eigenvalue weighted by Crippen LogP contribution is 2.10. The zero-order valence-electron chi connectivity index (χ0n) is 11.9. The van der Waals surface area contributed by atoms with Crippen LogP contribution < -0.4 is 5.32 Å². The first kappa shape index (κ1) is 14.9. The van der Waals surface area contributed by atoms with E-state index in [0.29, 0.717) is 13.1 Å². The largest absolute Gasteiger partial charge is 0.373 e. The average Bonchev–Trinajstić information content (AvgIpc) is 2.37. The van der Waals surface area contributed by atoms with Crippen LogP contribution in [0.4, 0.5) is 4.39 Å². The van der Waals surface area contributed by atoms with Gasteiger partial charge in [0.15, 0.2) is 0 Å². The molecular weight excluding hydrogens is 259 g/mol. The van der Waals surface area contributed by atoms with Gasteiger partial charge in [-0.1, -0.05) is 12.1 Å². The third-order valence-corrected chi connectivity index (χ3v) is 3.27. The molecule has 0 unspecified atom stereocenters. The van der Waals surface area contributed by atoms with Crippen molar-refractivity contribution in [3.63, 3.8) is 0 Å². The maximum absolute atomic E-state index is 12.8. The van der Waals surface area contributed by atoms with Crippen molar-refractivity contribution in [3.8, 4) is 0 Å². The smallest absolute Gasteiger partial charge is 0.234 e. The maximum Gasteiger partial charge on any atom is 0.234 e. The van der Waals surface area contributed by atoms with Gasteiger partial charge in [-0.25, -0.2) is 4.39 Å². The van der Waals surface area contributed by atoms with Crippen molar-refractivity contribution in [3.05, 3.63) is 35.6 Å². The van der Waals surface area contributed by atoms with E-state index in [-0.39, 0.29) is 23.9 Å². The van der Waals surface area contributed by atoms with Crippen LogP contribution in [0.5, 0.6) is 0 Å². The topological polar surface area (TPSA) is 41.6 Å². The summed E-state index contributed by atoms with van der Waals surface area (Å²) in [4.78, 5) is 14.0. The van der Waals surface area contributed by atoms with E-state index in [1.54, 1.807) is 12.1 Å². The summed E-state index contributed by atoms with van der Waals surface area (Å²) in [6.45, 7) is 6.37. The van der Waals surface area contributed by atoms with Crippen molar-refractivity contribution in [2.45, 2.75) is 32.6 Å². The second kappa shape index (κ2) is 6.81. The molecule has 4 nitrogen and oxygen atoms in total. The van der Waals surface area contributed by atoms with Crippen molar-refractivity contribution >= 4 is 5.91 Å². The minimum Gasteiger partial charge on any atom is -0.373 e. The number of carbonyl (C=O) groups is 1. The molecule has 1 fully saturated rings. The van der Waals surface area contributed by atoms with Crippen LogP contribution in [-0.2, 0) is 16.1 Å². The second-order valence-corrected chi connectivity index (χ2v) is 5.35. The number of nitrogens with one attached hydrogen (secondary N) is 1. The van der Waals surface area contributed by atoms with Crippen molar-refractivity contribution in [1.82, 2.24) is 10.2 Å². The number of hydrogen-bond donors (Lipinski definition) is 1. The van der Waals surface area contributed by atoms with E-state index in [9.17, 15) is 9.18 Å². The Balaban J connectivity index is 1.76. The lowest BCUT2D eigenvalue weighted by Crippen LogP contribution is -2.49. The van der Waals surface area contributed by atoms with Gasteiger partial charge in [0.1, 0.15) is 5.82 Å². The van der Waals surface area contributed by atoms with Crippen LogP contribution in [0.1, 0.15) is 19.4 Å². The van der Waals surface area contributed by atoms with Gasteiger partial charge in [0, 0.05) is 19.6 Å². The molecule has 1 saturated heterocycles. The first-order valence-corrected chi connectivity index (χ1v) is 6.92. The third-order valence-electron chi connectivity index (χ3n) is 3.27. The molecule has 1 amide bonds. The summed E-state index contributed by atoms with van der Waals surface area (Å²) in [7, 11) is 0. The Kier molecular flexibility index (Phi) is 5.09. The summed E-state index contributed by atoms with van der Waals surface area (Å²) in [6.07, 6.45) is 0.312. The molecule has 20 heavy (non-hydrogen) atoms. The lowest BCUT2D eigenvalue weighted by molar-refractivity contribution is -0.126. The molecule has 110 valence electrons. The number of carbonyl (C=O) groups excluding carboxylic acids is 1. The van der Waals surface area contributed by atoms with Gasteiger partial charge in [0.05, 0.1) is 18.8 Å². The van der Waals surface area contributed by atoms with Crippen LogP contribution in [0, 0.1) is 5.82 Å². The fourth-order valence-electron chi connectivity index (χ4n) is 2.48. The van der Waals surface area contributed by atoms with Crippen LogP contribution in [0.3, 0.4) is 0 Å². The zero-order chi connectivity index (χ0) is 14.5. The van der Waals surface area contributed by atoms with E-state index in [0.717, 1.165) is 18.7 Å². The van der Waals surface area contributed by atoms with Crippen molar-refractivity contribution in [1.29, 1.82) is 0 Å². The number of ether oxygens (including phenoxy) is 1. The van der Waals surface area contributed by atoms with E-state index >= 15 is 0 Å². The van der Waals surface area contributed by atoms with Crippen LogP contribution >= 0.6 is 0 Å². The lowest BCUT2D eigenvalue weighted by atomic mass is 10.2. The Bertz CT molecular complexity index is 440. The number of rotatable bonds is 4. The van der Waals surface area contributed by atoms with Gasteiger partial charge in [-0.3, -0.25) is 9.69 Å². The fraction of sp³-hybridized carbons (Fsp3) is 0.533. The van der Waals surface area contributed by atoms with Crippen molar-refractivity contribution in [2.75, 3.05) is 19.6 Å². The van der Waals surface area contributed by atoms with Gasteiger partial charge in [-0.05, 0) is 31.5 Å². The summed E-state index contributed by atoms with van der Waals surface area (Å²) >= 11 is 0. The molecule has 0 aliphatic carbocycles. The van der Waals surface area contributed by atoms with Crippen LogP contribution in [0.15, 0.2) is 24.3 Å². The number of hydrogen-bond acceptors (Lipinski definition) is 3. The van der Waals surface area contributed by atoms with Crippen molar-refractivity contribution in [2.24, 2.45) is 0 Å². The number of morpholine rings is 1. The molecule has 1 aliphatic heterocycles. The molecule has 0 bridgehead atoms. The van der Waals surface area contributed by atoms with Crippen LogP contribution in [0.25, 0.3) is 0 Å². The maximum atomic E-state index is 12.8. The highest BCUT2D eigenvalue weighted by Gasteiger charge is 2.23. The SMILES string of the molecule is C[C@@H]1CN(CC(=O)NCc2ccc(F)cc2)C[C@H](C)O1. The van der Waals surface area contributed by atoms with Gasteiger partial charge in [-0.2, -0.15) is 0 Å². The molecule has 2 atom stereocenters. The summed E-state index contributed by atoms with van der Waals surface area (Å²) < 4.78 is 18.4. The zero-order valence-corrected chi connectivity index (χ0v) is 11.9. The summed E-state index contributed by atoms with van der Waals surface area (Å²) in [5.41, 5.74) is 0.892. The van der Waals surface area contributed by atoms with E-state index in [4.69, 9.17) is 4.74 Å². The Hall–Kier alpha value is -1.46. The van der Waals surface area contributed by atoms with Gasteiger partial charge < -0.3 is 10.1 Å². The van der Waals surface area contributed by atoms with Crippen LogP contribution in [-0.4, -0.2) is 42.6 Å². The molecule has 1 aromatic carbocycles. The molecule has 0 radical (unpaired) electrons. The first-order valence-electron chi connectivity index (χ1n) is 6.92. The van der Waals surface area contributed by atoms with Gasteiger partial charge in [-0.15, -0.1) is 0 Å². The summed E-state index contributed by atoms with van der Waals surface area (Å²) in [6, 6.07) is 6.14. The molecule has 0 spiro atoms. The predicted molar refractivity (Wildman–Crippen MR) is 74.7 cm³/mol. The Morgan fingerprint density at radius 1 is 1.30 bits per heavy atom. The van der Waals surface area contributed by atoms with E-state index in [1.807, 2.05) is 13.8 Å². The molecule has 0 saturated carbocycles. The summed E-state index contributed by atoms with van der Waals surface area (Å²) in [5.74, 6) is -0.285. The molecule has 1 aromatic rings. The monoisotopic (exact) mass is 280 g/mol. The second-order valence-electron chi connectivity index (χ2n) is 5.35. The minimum atomic E-state index is -0.267. The van der Waals surface area contributed by atoms with Gasteiger partial charge in [0.2, 0.25) is 5.91 Å². The van der Waals surface area contributed by atoms with Crippen molar-refractivity contribution < 1.29 is 13.9 Å². The lowest BCUT2D eigenvalue weighted by Gasteiger charge is -2.34. The van der Waals surface area contributed by atoms with E-state index < -0.39 is 0 Å². The standard InChI is InChI=1S/C15H21FN2O2/c1-11-8-18(9-12(2)20-11)10-15(19)17-7-13-3-5-14(16)6-4-13/h3-6,11-12H,7-10H2,1-2H3,(H,17,19)/t11-,12+. The molecular formula is C15H21FN2O2. The molecule has 5 heteroatoms. The fourth-order valence-corrected chi connectivity index (χ4v) is 2.48. The Labute approximate surface area is 118 Å². The van der Waals surface area contributed by atoms with Gasteiger partial charge in [0.25, 0.3) is 0 Å². The third kappa shape index (κ3) is 4.58. The normalized spacial score (nSPS) is 23.6. The first-order chi connectivity index (χ1) is 9.52. The molecule has 1 N–H and O–H groups in total. The quantitative estimate of drug-likeness (QED) is 0.910. The highest BCUT2D eigenvalue weighted by atomic mass is 19.1. The highest BCUT2D eigenvalue weighted by molar-refractivity contribution is 5.78. The number of halogens is 1. The summed E-state index contributed by atoms with van der Waals surface area (Å²) in [5, 5.41) is 2.85. The average molecular weight is 280 g/mol. The number of amides is 1. The minimum absolute atomic E-state index is 0.0179. The number of benzene rings is 1. The van der Waals surface area contributed by atoms with Crippen LogP contribution in [0.2, 0.25) is 0 Å². The van der Waals surface area contributed by atoms with E-state index in [1.165, 1.54) is 12.1 Å².